The summed E-state index contributed by atoms with van der Waals surface area (Å²) < 4.78 is 0. The van der Waals surface area contributed by atoms with Gasteiger partial charge in [0.15, 0.2) is 0 Å². The molecular formula is C54H42AgAuP2+2. The molecule has 0 bridgehead atoms. The molecule has 288 valence electrons. The fourth-order valence-electron chi connectivity index (χ4n) is 7.21. The third-order valence-electron chi connectivity index (χ3n) is 9.94. The van der Waals surface area contributed by atoms with Crippen LogP contribution in [-0.2, 0) is 44.8 Å². The third kappa shape index (κ3) is 11.2. The molecule has 0 aliphatic heterocycles. The molecule has 58 heavy (non-hydrogen) atoms. The quantitative estimate of drug-likeness (QED) is 0.0491. The van der Waals surface area contributed by atoms with Gasteiger partial charge in [0.2, 0.25) is 0 Å². The zero-order valence-electron chi connectivity index (χ0n) is 31.8. The monoisotopic (exact) mass is 1060 g/mol. The van der Waals surface area contributed by atoms with Crippen molar-refractivity contribution >= 4 is 69.4 Å². The molecule has 0 spiro atoms. The van der Waals surface area contributed by atoms with E-state index in [9.17, 15) is 0 Å². The van der Waals surface area contributed by atoms with E-state index in [4.69, 9.17) is 12.8 Å². The summed E-state index contributed by atoms with van der Waals surface area (Å²) in [4.78, 5) is 0. The maximum absolute atomic E-state index is 7.35. The van der Waals surface area contributed by atoms with Gasteiger partial charge in [-0.1, -0.05) is 168 Å². The van der Waals surface area contributed by atoms with Gasteiger partial charge in [-0.2, -0.15) is 0 Å². The first-order valence-electron chi connectivity index (χ1n) is 18.9. The van der Waals surface area contributed by atoms with Crippen molar-refractivity contribution < 1.29 is 44.8 Å². The molecular weight excluding hydrogens is 1020 g/mol. The van der Waals surface area contributed by atoms with Crippen molar-refractivity contribution in [1.29, 1.82) is 0 Å². The summed E-state index contributed by atoms with van der Waals surface area (Å²) in [6.45, 7) is 0. The summed E-state index contributed by atoms with van der Waals surface area (Å²) in [7, 11) is -1.57. The van der Waals surface area contributed by atoms with Gasteiger partial charge in [0.05, 0.1) is 37.1 Å². The Kier molecular flexibility index (Phi) is 17.6. The number of benzene rings is 9. The van der Waals surface area contributed by atoms with Crippen molar-refractivity contribution in [3.63, 3.8) is 0 Å². The third-order valence-corrected chi connectivity index (χ3v) is 16.1. The minimum absolute atomic E-state index is 0. The summed E-state index contributed by atoms with van der Waals surface area (Å²) in [5, 5.41) is 13.0. The van der Waals surface area contributed by atoms with Crippen molar-refractivity contribution in [2.45, 2.75) is 0 Å². The first-order chi connectivity index (χ1) is 27.7. The number of rotatable bonds is 7. The standard InChI is InChI=1S/C26H24P2.C16H9.C12H7.Ag.Au/c1-5-13-23(14-6-1)27(24-15-7-2-8-16-24)21-22-28(25-17-9-3-10-18-25)26-19-11-4-12-20-26;1-2-12-11-13-7-3-4-9-15(13)16-10-6-5-8-14(12)16;1-2-10-7-5-8-11-6-3-4-9-12(10)11;;/h1-20H,21-22H2;3-11H;3-9H;;/q;2*-1;2*+1/p+2. The van der Waals surface area contributed by atoms with E-state index in [1.807, 2.05) is 78.9 Å². The van der Waals surface area contributed by atoms with Gasteiger partial charge in [0.25, 0.3) is 0 Å². The number of hydrogen-bond donors (Lipinski definition) is 0. The molecule has 9 aromatic carbocycles. The second-order valence-corrected chi connectivity index (χ2v) is 18.6. The van der Waals surface area contributed by atoms with E-state index < -0.39 is 15.8 Å². The second kappa shape index (κ2) is 23.0. The minimum atomic E-state index is -0.783. The van der Waals surface area contributed by atoms with Crippen LogP contribution in [0.1, 0.15) is 11.1 Å². The molecule has 0 atom stereocenters. The van der Waals surface area contributed by atoms with Crippen LogP contribution in [0, 0.1) is 24.7 Å². The van der Waals surface area contributed by atoms with Crippen molar-refractivity contribution in [3.8, 4) is 11.8 Å². The van der Waals surface area contributed by atoms with Crippen LogP contribution >= 0.6 is 15.8 Å². The van der Waals surface area contributed by atoms with Crippen molar-refractivity contribution in [2.75, 3.05) is 12.3 Å². The Morgan fingerprint density at radius 2 is 0.672 bits per heavy atom. The van der Waals surface area contributed by atoms with Crippen LogP contribution in [0.15, 0.2) is 218 Å². The van der Waals surface area contributed by atoms with Crippen molar-refractivity contribution in [1.82, 2.24) is 0 Å². The van der Waals surface area contributed by atoms with E-state index >= 15 is 0 Å². The summed E-state index contributed by atoms with van der Waals surface area (Å²) in [5.74, 6) is 4.93. The van der Waals surface area contributed by atoms with Gasteiger partial charge >= 0.3 is 44.8 Å². The van der Waals surface area contributed by atoms with Crippen LogP contribution < -0.4 is 21.2 Å². The van der Waals surface area contributed by atoms with Gasteiger partial charge in [-0.05, 0) is 70.1 Å². The van der Waals surface area contributed by atoms with E-state index in [0.29, 0.717) is 0 Å². The van der Waals surface area contributed by atoms with E-state index in [-0.39, 0.29) is 44.8 Å². The number of fused-ring (bicyclic) bond motifs is 4. The predicted octanol–water partition coefficient (Wildman–Crippen LogP) is 11.4. The Hall–Kier alpha value is -4.78. The van der Waals surface area contributed by atoms with Gasteiger partial charge in [-0.15, -0.1) is 23.3 Å². The maximum atomic E-state index is 7.35. The Labute approximate surface area is 377 Å². The van der Waals surface area contributed by atoms with Crippen LogP contribution in [0.5, 0.6) is 0 Å². The largest absolute Gasteiger partial charge is 1.00 e. The fourth-order valence-corrected chi connectivity index (χ4v) is 13.4. The normalized spacial score (nSPS) is 10.2. The predicted molar refractivity (Wildman–Crippen MR) is 249 cm³/mol. The Morgan fingerprint density at radius 3 is 1.12 bits per heavy atom. The molecule has 0 nitrogen and oxygen atoms in total. The minimum Gasteiger partial charge on any atom is -0.366 e. The van der Waals surface area contributed by atoms with Gasteiger partial charge in [-0.25, -0.2) is 0 Å². The Morgan fingerprint density at radius 1 is 0.328 bits per heavy atom. The smallest absolute Gasteiger partial charge is 0.366 e. The molecule has 9 rings (SSSR count). The molecule has 0 heterocycles. The zero-order chi connectivity index (χ0) is 38.4. The summed E-state index contributed by atoms with van der Waals surface area (Å²) in [5.41, 5.74) is 1.71. The fraction of sp³-hybridized carbons (Fsp3) is 0.0370. The molecule has 0 saturated carbocycles. The summed E-state index contributed by atoms with van der Waals surface area (Å²) >= 11 is 0. The zero-order valence-corrected chi connectivity index (χ0v) is 37.5. The number of hydrogen-bond acceptors (Lipinski definition) is 0. The van der Waals surface area contributed by atoms with Gasteiger partial charge in [-0.3, -0.25) is 11.8 Å². The average molecular weight is 1060 g/mol. The first-order valence-corrected chi connectivity index (χ1v) is 22.3. The van der Waals surface area contributed by atoms with Crippen LogP contribution in [0.3, 0.4) is 0 Å². The van der Waals surface area contributed by atoms with Crippen LogP contribution in [0.4, 0.5) is 0 Å². The van der Waals surface area contributed by atoms with Crippen LogP contribution in [0.25, 0.3) is 32.3 Å². The molecule has 0 N–H and O–H groups in total. The molecule has 0 unspecified atom stereocenters. The van der Waals surface area contributed by atoms with Gasteiger partial charge in [0.1, 0.15) is 12.3 Å². The maximum Gasteiger partial charge on any atom is 1.00 e. The SMILES string of the molecule is [Ag+].[Au+].[C-]#Cc1cc2ccccc2c2ccccc12.[C-]#Cc1cccc2ccccc12.c1ccc([PH+](CC[PH+](c2ccccc2)c2ccccc2)c2ccccc2)cc1. The van der Waals surface area contributed by atoms with E-state index in [2.05, 4.69) is 151 Å². The van der Waals surface area contributed by atoms with Crippen molar-refractivity contribution in [3.05, 3.63) is 242 Å². The van der Waals surface area contributed by atoms with E-state index in [1.165, 1.54) is 44.3 Å². The van der Waals surface area contributed by atoms with Crippen LogP contribution in [0.2, 0.25) is 0 Å². The molecule has 0 aromatic heterocycles. The van der Waals surface area contributed by atoms with E-state index in [0.717, 1.165) is 32.7 Å². The van der Waals surface area contributed by atoms with Crippen molar-refractivity contribution in [2.24, 2.45) is 0 Å². The Balaban J connectivity index is 0.000000180. The first kappa shape index (κ1) is 44.3. The molecule has 0 aliphatic carbocycles. The topological polar surface area (TPSA) is 0 Å². The molecule has 0 fully saturated rings. The van der Waals surface area contributed by atoms with Gasteiger partial charge in [0, 0.05) is 0 Å². The molecule has 0 saturated heterocycles. The second-order valence-electron chi connectivity index (χ2n) is 13.4. The van der Waals surface area contributed by atoms with E-state index in [1.54, 1.807) is 0 Å². The molecule has 0 aliphatic rings. The Bertz CT molecular complexity index is 2560. The van der Waals surface area contributed by atoms with Crippen LogP contribution in [-0.4, -0.2) is 12.3 Å². The molecule has 0 radical (unpaired) electrons. The molecule has 9 aromatic rings. The average Bonchev–Trinajstić information content (AvgIpc) is 3.29. The molecule has 4 heteroatoms. The summed E-state index contributed by atoms with van der Waals surface area (Å²) in [6, 6.07) is 76.8. The van der Waals surface area contributed by atoms with Gasteiger partial charge < -0.3 is 12.8 Å². The molecule has 0 amide bonds. The summed E-state index contributed by atoms with van der Waals surface area (Å²) in [6.07, 6.45) is 16.9.